The number of aryl methyl sites for hydroxylation is 1. The molecule has 1 aliphatic heterocycles. The number of rotatable bonds is 4. The number of fused-ring (bicyclic) bond motifs is 1. The highest BCUT2D eigenvalue weighted by molar-refractivity contribution is 6.30. The number of benzene rings is 1. The van der Waals surface area contributed by atoms with Crippen LogP contribution in [0.3, 0.4) is 0 Å². The monoisotopic (exact) mass is 387 g/mol. The number of halogens is 1. The Morgan fingerprint density at radius 2 is 2.15 bits per heavy atom. The minimum absolute atomic E-state index is 0.0474. The van der Waals surface area contributed by atoms with Gasteiger partial charge in [0.2, 0.25) is 0 Å². The molecule has 1 aromatic carbocycles. The van der Waals surface area contributed by atoms with E-state index in [4.69, 9.17) is 16.0 Å². The second-order valence-corrected chi connectivity index (χ2v) is 8.35. The molecule has 4 nitrogen and oxygen atoms in total. The van der Waals surface area contributed by atoms with Crippen LogP contribution < -0.4 is 0 Å². The zero-order chi connectivity index (χ0) is 18.9. The summed E-state index contributed by atoms with van der Waals surface area (Å²) in [5.74, 6) is 0.468. The van der Waals surface area contributed by atoms with Gasteiger partial charge < -0.3 is 14.4 Å². The number of furan rings is 1. The van der Waals surface area contributed by atoms with Crippen molar-refractivity contribution in [1.82, 2.24) is 4.90 Å². The van der Waals surface area contributed by atoms with E-state index in [9.17, 15) is 9.90 Å². The Balaban J connectivity index is 1.50. The number of aliphatic hydroxyl groups is 1. The number of amides is 1. The van der Waals surface area contributed by atoms with Crippen LogP contribution in [0.15, 0.2) is 47.1 Å². The smallest absolute Gasteiger partial charge is 0.289 e. The van der Waals surface area contributed by atoms with Gasteiger partial charge in [0.25, 0.3) is 5.91 Å². The van der Waals surface area contributed by atoms with Gasteiger partial charge in [-0.3, -0.25) is 4.79 Å². The Hall–Kier alpha value is -1.78. The largest absolute Gasteiger partial charge is 0.459 e. The molecule has 3 unspecified atom stereocenters. The summed E-state index contributed by atoms with van der Waals surface area (Å²) >= 11 is 6.10. The van der Waals surface area contributed by atoms with Crippen molar-refractivity contribution >= 4 is 17.5 Å². The van der Waals surface area contributed by atoms with E-state index in [1.54, 1.807) is 12.1 Å². The van der Waals surface area contributed by atoms with Crippen molar-refractivity contribution in [2.24, 2.45) is 5.92 Å². The maximum absolute atomic E-state index is 12.9. The molecule has 2 aliphatic rings. The molecule has 0 bridgehead atoms. The third kappa shape index (κ3) is 3.78. The molecule has 3 atom stereocenters. The zero-order valence-electron chi connectivity index (χ0n) is 15.4. The standard InChI is InChI=1S/C22H26ClNO3/c23-17-6-1-5-16(15-17)10-12-22(26)11-2-8-19-18(22)7-3-13-24(19)21(25)20-9-4-14-27-20/h1,4-6,9,14-15,18-19,26H,2-3,7-8,10-13H2. The third-order valence-electron chi connectivity index (χ3n) is 6.31. The van der Waals surface area contributed by atoms with Crippen molar-refractivity contribution in [3.8, 4) is 0 Å². The molecule has 144 valence electrons. The predicted molar refractivity (Wildman–Crippen MR) is 105 cm³/mol. The van der Waals surface area contributed by atoms with Crippen LogP contribution in [0.5, 0.6) is 0 Å². The summed E-state index contributed by atoms with van der Waals surface area (Å²) in [6, 6.07) is 11.4. The quantitative estimate of drug-likeness (QED) is 0.827. The van der Waals surface area contributed by atoms with E-state index in [1.165, 1.54) is 6.26 Å². The Kier molecular flexibility index (Phi) is 5.29. The fourth-order valence-corrected chi connectivity index (χ4v) is 5.21. The minimum atomic E-state index is -0.729. The summed E-state index contributed by atoms with van der Waals surface area (Å²) in [5, 5.41) is 12.3. The number of hydrogen-bond acceptors (Lipinski definition) is 3. The van der Waals surface area contributed by atoms with Gasteiger partial charge in [-0.1, -0.05) is 23.7 Å². The fourth-order valence-electron chi connectivity index (χ4n) is 5.00. The average molecular weight is 388 g/mol. The Labute approximate surface area is 165 Å². The molecule has 1 aromatic heterocycles. The lowest BCUT2D eigenvalue weighted by molar-refractivity contribution is -0.102. The van der Waals surface area contributed by atoms with E-state index in [0.29, 0.717) is 12.2 Å². The van der Waals surface area contributed by atoms with Crippen molar-refractivity contribution in [3.05, 3.63) is 59.0 Å². The molecule has 2 fully saturated rings. The van der Waals surface area contributed by atoms with E-state index in [0.717, 1.165) is 55.7 Å². The maximum atomic E-state index is 12.9. The lowest BCUT2D eigenvalue weighted by Gasteiger charge is -2.51. The topological polar surface area (TPSA) is 53.7 Å². The first-order valence-electron chi connectivity index (χ1n) is 9.88. The predicted octanol–water partition coefficient (Wildman–Crippen LogP) is 4.70. The Bertz CT molecular complexity index is 791. The first-order valence-corrected chi connectivity index (χ1v) is 10.3. The molecule has 1 N–H and O–H groups in total. The molecule has 2 heterocycles. The van der Waals surface area contributed by atoms with Gasteiger partial charge in [0.15, 0.2) is 5.76 Å². The normalized spacial score (nSPS) is 28.0. The number of nitrogens with zero attached hydrogens (tertiary/aromatic N) is 1. The third-order valence-corrected chi connectivity index (χ3v) is 6.54. The highest BCUT2D eigenvalue weighted by Crippen LogP contribution is 2.44. The van der Waals surface area contributed by atoms with E-state index in [-0.39, 0.29) is 17.9 Å². The summed E-state index contributed by atoms with van der Waals surface area (Å²) in [6.45, 7) is 0.741. The number of carbonyl (C=O) groups is 1. The summed E-state index contributed by atoms with van der Waals surface area (Å²) in [5.41, 5.74) is 0.422. The first-order chi connectivity index (χ1) is 13.1. The van der Waals surface area contributed by atoms with E-state index < -0.39 is 5.60 Å². The zero-order valence-corrected chi connectivity index (χ0v) is 16.2. The number of piperidine rings is 1. The van der Waals surface area contributed by atoms with Gasteiger partial charge in [0.05, 0.1) is 11.9 Å². The molecule has 1 aliphatic carbocycles. The van der Waals surface area contributed by atoms with Crippen molar-refractivity contribution < 1.29 is 14.3 Å². The lowest BCUT2D eigenvalue weighted by atomic mass is 9.66. The van der Waals surface area contributed by atoms with E-state index >= 15 is 0 Å². The van der Waals surface area contributed by atoms with Crippen molar-refractivity contribution in [1.29, 1.82) is 0 Å². The Morgan fingerprint density at radius 3 is 2.93 bits per heavy atom. The minimum Gasteiger partial charge on any atom is -0.459 e. The molecule has 0 radical (unpaired) electrons. The van der Waals surface area contributed by atoms with Crippen LogP contribution in [0, 0.1) is 5.92 Å². The average Bonchev–Trinajstić information content (AvgIpc) is 3.21. The highest BCUT2D eigenvalue weighted by Gasteiger charge is 2.48. The van der Waals surface area contributed by atoms with Crippen molar-refractivity contribution in [2.75, 3.05) is 6.54 Å². The molecule has 1 saturated carbocycles. The van der Waals surface area contributed by atoms with Gasteiger partial charge in [-0.05, 0) is 74.8 Å². The molecule has 0 spiro atoms. The van der Waals surface area contributed by atoms with Gasteiger partial charge in [0.1, 0.15) is 0 Å². The number of carbonyl (C=O) groups excluding carboxylic acids is 1. The first kappa shape index (κ1) is 18.6. The van der Waals surface area contributed by atoms with Gasteiger partial charge in [-0.2, -0.15) is 0 Å². The summed E-state index contributed by atoms with van der Waals surface area (Å²) in [6.07, 6.45) is 7.63. The van der Waals surface area contributed by atoms with Gasteiger partial charge in [-0.15, -0.1) is 0 Å². The maximum Gasteiger partial charge on any atom is 0.289 e. The molecular formula is C22H26ClNO3. The molecule has 1 amide bonds. The second kappa shape index (κ2) is 7.69. The fraction of sp³-hybridized carbons (Fsp3) is 0.500. The van der Waals surface area contributed by atoms with E-state index in [2.05, 4.69) is 6.07 Å². The summed E-state index contributed by atoms with van der Waals surface area (Å²) in [7, 11) is 0. The molecule has 1 saturated heterocycles. The van der Waals surface area contributed by atoms with Crippen LogP contribution >= 0.6 is 11.6 Å². The Morgan fingerprint density at radius 1 is 1.26 bits per heavy atom. The van der Waals surface area contributed by atoms with Crippen LogP contribution in [0.2, 0.25) is 5.02 Å². The second-order valence-electron chi connectivity index (χ2n) is 7.92. The van der Waals surface area contributed by atoms with Crippen LogP contribution in [0.4, 0.5) is 0 Å². The highest BCUT2D eigenvalue weighted by atomic mass is 35.5. The van der Waals surface area contributed by atoms with Crippen molar-refractivity contribution in [3.63, 3.8) is 0 Å². The van der Waals surface area contributed by atoms with Gasteiger partial charge in [0, 0.05) is 23.5 Å². The number of hydrogen-bond donors (Lipinski definition) is 1. The summed E-state index contributed by atoms with van der Waals surface area (Å²) in [4.78, 5) is 14.8. The molecule has 27 heavy (non-hydrogen) atoms. The molecule has 2 aromatic rings. The summed E-state index contributed by atoms with van der Waals surface area (Å²) < 4.78 is 5.33. The SMILES string of the molecule is O=C(c1ccco1)N1CCCC2C1CCCC2(O)CCc1cccc(Cl)c1. The van der Waals surface area contributed by atoms with Crippen molar-refractivity contribution in [2.45, 2.75) is 56.6 Å². The van der Waals surface area contributed by atoms with Crippen LogP contribution in [-0.4, -0.2) is 34.1 Å². The van der Waals surface area contributed by atoms with Crippen LogP contribution in [0.25, 0.3) is 0 Å². The van der Waals surface area contributed by atoms with Gasteiger partial charge in [-0.25, -0.2) is 0 Å². The van der Waals surface area contributed by atoms with E-state index in [1.807, 2.05) is 23.1 Å². The molecule has 5 heteroatoms. The molecule has 4 rings (SSSR count). The molecular weight excluding hydrogens is 362 g/mol. The van der Waals surface area contributed by atoms with Gasteiger partial charge >= 0.3 is 0 Å². The lowest BCUT2D eigenvalue weighted by Crippen LogP contribution is -2.58. The number of likely N-dealkylation sites (tertiary alicyclic amines) is 1. The van der Waals surface area contributed by atoms with Crippen LogP contribution in [-0.2, 0) is 6.42 Å². The van der Waals surface area contributed by atoms with Crippen LogP contribution in [0.1, 0.15) is 54.6 Å².